The second-order valence-corrected chi connectivity index (χ2v) is 11.4. The molecule has 6 atom stereocenters. The molecule has 190 valence electrons. The molecule has 4 unspecified atom stereocenters. The van der Waals surface area contributed by atoms with Crippen molar-refractivity contribution in [1.82, 2.24) is 20.8 Å². The first-order valence-corrected chi connectivity index (χ1v) is 13.3. The number of fused-ring (bicyclic) bond motifs is 4. The van der Waals surface area contributed by atoms with E-state index in [1.54, 1.807) is 7.11 Å². The van der Waals surface area contributed by atoms with Crippen LogP contribution in [0.15, 0.2) is 18.2 Å². The number of amides is 1. The van der Waals surface area contributed by atoms with Crippen molar-refractivity contribution in [1.29, 1.82) is 0 Å². The van der Waals surface area contributed by atoms with Gasteiger partial charge in [0.2, 0.25) is 11.9 Å². The molecule has 4 N–H and O–H groups in total. The van der Waals surface area contributed by atoms with Crippen LogP contribution in [0.1, 0.15) is 48.9 Å². The number of nitrogens with zero attached hydrogens (tertiary/aromatic N) is 3. The van der Waals surface area contributed by atoms with Crippen molar-refractivity contribution in [3.63, 3.8) is 0 Å². The lowest BCUT2D eigenvalue weighted by Gasteiger charge is -2.34. The molecule has 36 heavy (non-hydrogen) atoms. The summed E-state index contributed by atoms with van der Waals surface area (Å²) in [6, 6.07) is 6.36. The molecule has 3 aliphatic carbocycles. The highest BCUT2D eigenvalue weighted by Gasteiger charge is 2.67. The normalized spacial score (nSPS) is 33.6. The zero-order chi connectivity index (χ0) is 24.6. The van der Waals surface area contributed by atoms with Gasteiger partial charge in [-0.25, -0.2) is 10.4 Å². The van der Waals surface area contributed by atoms with E-state index in [1.807, 2.05) is 31.1 Å². The van der Waals surface area contributed by atoms with Gasteiger partial charge < -0.3 is 20.3 Å². The van der Waals surface area contributed by atoms with Crippen molar-refractivity contribution >= 4 is 23.4 Å². The quantitative estimate of drug-likeness (QED) is 0.508. The van der Waals surface area contributed by atoms with E-state index in [0.717, 1.165) is 73.7 Å². The Hall–Kier alpha value is -2.91. The molecular weight excluding hydrogens is 454 g/mol. The molecule has 7 rings (SSSR count). The molecule has 3 heterocycles. The number of aryl methyl sites for hydroxylation is 1. The van der Waals surface area contributed by atoms with Gasteiger partial charge in [-0.15, -0.1) is 0 Å². The van der Waals surface area contributed by atoms with Gasteiger partial charge >= 0.3 is 0 Å². The minimum absolute atomic E-state index is 0.137. The lowest BCUT2D eigenvalue weighted by Crippen LogP contribution is -2.39. The summed E-state index contributed by atoms with van der Waals surface area (Å²) < 4.78 is 5.47. The third kappa shape index (κ3) is 3.25. The monoisotopic (exact) mass is 489 g/mol. The van der Waals surface area contributed by atoms with Gasteiger partial charge in [0, 0.05) is 37.3 Å². The van der Waals surface area contributed by atoms with E-state index in [1.165, 1.54) is 11.3 Å². The van der Waals surface area contributed by atoms with Crippen LogP contribution in [0, 0.1) is 17.8 Å². The average Bonchev–Trinajstić information content (AvgIpc) is 3.12. The van der Waals surface area contributed by atoms with Crippen molar-refractivity contribution in [2.45, 2.75) is 62.6 Å². The number of carbonyl (C=O) groups is 1. The fourth-order valence-corrected chi connectivity index (χ4v) is 7.40. The van der Waals surface area contributed by atoms with Crippen molar-refractivity contribution in [2.24, 2.45) is 17.8 Å². The van der Waals surface area contributed by atoms with Crippen molar-refractivity contribution in [2.75, 3.05) is 36.7 Å². The summed E-state index contributed by atoms with van der Waals surface area (Å²) >= 11 is 0. The molecule has 1 aromatic carbocycles. The van der Waals surface area contributed by atoms with Crippen LogP contribution in [-0.4, -0.2) is 49.3 Å². The van der Waals surface area contributed by atoms with Gasteiger partial charge in [0.25, 0.3) is 0 Å². The van der Waals surface area contributed by atoms with E-state index in [9.17, 15) is 4.79 Å². The Morgan fingerprint density at radius 2 is 2.06 bits per heavy atom. The van der Waals surface area contributed by atoms with Crippen LogP contribution < -0.4 is 31.1 Å². The number of hydrogen-bond acceptors (Lipinski definition) is 8. The van der Waals surface area contributed by atoms with Crippen molar-refractivity contribution in [3.05, 3.63) is 35.0 Å². The second-order valence-electron chi connectivity index (χ2n) is 11.4. The Kier molecular flexibility index (Phi) is 4.98. The summed E-state index contributed by atoms with van der Waals surface area (Å²) in [6.07, 6.45) is 7.65. The summed E-state index contributed by atoms with van der Waals surface area (Å²) in [5.74, 6) is 4.16. The van der Waals surface area contributed by atoms with E-state index in [-0.39, 0.29) is 17.5 Å². The number of hydrazine groups is 1. The number of benzene rings is 1. The zero-order valence-corrected chi connectivity index (χ0v) is 21.2. The standard InChI is InChI=1S/C27H35N7O2/c1-34(2)26-29-20-6-4-5-16(20)23(31-26)30-24-17-9-7-14(11-22(17)32-33-24)19-13-27(19)18-12-15(36-3)8-10-21(18)28-25(27)35/h8,10,12,14,17,19,22,24,32-33H,4-7,9,11,13H2,1-3H3,(H,28,35)(H,29,30,31)/t14?,17?,19-,22?,24?,27-/m0/s1. The average molecular weight is 490 g/mol. The van der Waals surface area contributed by atoms with Crippen molar-refractivity contribution in [3.8, 4) is 5.75 Å². The maximum atomic E-state index is 13.1. The maximum absolute atomic E-state index is 13.1. The number of carbonyl (C=O) groups excluding carboxylic acids is 1. The molecule has 2 aromatic rings. The number of methoxy groups -OCH3 is 1. The Balaban J connectivity index is 1.07. The predicted molar refractivity (Wildman–Crippen MR) is 138 cm³/mol. The Labute approximate surface area is 211 Å². The summed E-state index contributed by atoms with van der Waals surface area (Å²) in [7, 11) is 5.68. The van der Waals surface area contributed by atoms with Crippen LogP contribution in [0.25, 0.3) is 0 Å². The van der Waals surface area contributed by atoms with Gasteiger partial charge in [-0.1, -0.05) is 0 Å². The van der Waals surface area contributed by atoms with Gasteiger partial charge in [0.1, 0.15) is 11.6 Å². The lowest BCUT2D eigenvalue weighted by molar-refractivity contribution is -0.118. The van der Waals surface area contributed by atoms with E-state index >= 15 is 0 Å². The van der Waals surface area contributed by atoms with Crippen LogP contribution in [0.4, 0.5) is 17.5 Å². The number of hydrogen-bond donors (Lipinski definition) is 4. The maximum Gasteiger partial charge on any atom is 0.235 e. The number of aromatic nitrogens is 2. The number of anilines is 3. The summed E-state index contributed by atoms with van der Waals surface area (Å²) in [4.78, 5) is 24.7. The Morgan fingerprint density at radius 3 is 2.89 bits per heavy atom. The topological polar surface area (TPSA) is 103 Å². The van der Waals surface area contributed by atoms with E-state index in [2.05, 4.69) is 27.6 Å². The number of nitrogens with one attached hydrogen (secondary N) is 4. The number of rotatable bonds is 5. The van der Waals surface area contributed by atoms with Gasteiger partial charge in [-0.3, -0.25) is 10.2 Å². The molecule has 0 bridgehead atoms. The van der Waals surface area contributed by atoms with Crippen LogP contribution in [0.2, 0.25) is 0 Å². The van der Waals surface area contributed by atoms with Gasteiger partial charge in [-0.2, -0.15) is 4.98 Å². The molecule has 0 radical (unpaired) electrons. The minimum Gasteiger partial charge on any atom is -0.497 e. The van der Waals surface area contributed by atoms with E-state index < -0.39 is 0 Å². The third-order valence-corrected chi connectivity index (χ3v) is 9.35. The van der Waals surface area contributed by atoms with Crippen LogP contribution in [0.5, 0.6) is 5.75 Å². The highest BCUT2D eigenvalue weighted by Crippen LogP contribution is 2.65. The van der Waals surface area contributed by atoms with Crippen LogP contribution in [-0.2, 0) is 23.1 Å². The largest absolute Gasteiger partial charge is 0.497 e. The fourth-order valence-electron chi connectivity index (χ4n) is 7.40. The third-order valence-electron chi connectivity index (χ3n) is 9.35. The van der Waals surface area contributed by atoms with Gasteiger partial charge in [0.05, 0.1) is 24.4 Å². The van der Waals surface area contributed by atoms with E-state index in [0.29, 0.717) is 23.8 Å². The van der Waals surface area contributed by atoms with Crippen LogP contribution >= 0.6 is 0 Å². The van der Waals surface area contributed by atoms with Gasteiger partial charge in [0.15, 0.2) is 0 Å². The highest BCUT2D eigenvalue weighted by atomic mass is 16.5. The first-order valence-electron chi connectivity index (χ1n) is 13.3. The predicted octanol–water partition coefficient (Wildman–Crippen LogP) is 2.58. The van der Waals surface area contributed by atoms with Crippen molar-refractivity contribution < 1.29 is 9.53 Å². The Morgan fingerprint density at radius 1 is 1.17 bits per heavy atom. The second kappa shape index (κ2) is 8.05. The molecule has 9 heteroatoms. The van der Waals surface area contributed by atoms with E-state index in [4.69, 9.17) is 14.7 Å². The minimum atomic E-state index is -0.366. The summed E-state index contributed by atoms with van der Waals surface area (Å²) in [5.41, 5.74) is 11.3. The molecular formula is C27H35N7O2. The first kappa shape index (κ1) is 22.3. The summed E-state index contributed by atoms with van der Waals surface area (Å²) in [6.45, 7) is 0. The van der Waals surface area contributed by atoms with Crippen LogP contribution in [0.3, 0.4) is 0 Å². The zero-order valence-electron chi connectivity index (χ0n) is 21.2. The number of ether oxygens (including phenoxy) is 1. The molecule has 1 aromatic heterocycles. The Bertz CT molecular complexity index is 1230. The molecule has 5 aliphatic rings. The molecule has 3 fully saturated rings. The first-order chi connectivity index (χ1) is 17.5. The molecule has 1 spiro atoms. The molecule has 1 saturated heterocycles. The highest BCUT2D eigenvalue weighted by molar-refractivity contribution is 6.09. The van der Waals surface area contributed by atoms with Gasteiger partial charge in [-0.05, 0) is 80.5 Å². The SMILES string of the molecule is COc1ccc2c(c1)[C@]1(C[C@H]1C1CCC3C(C1)NNC3Nc1nc(N(C)C)nc3c1CCC3)C(=O)N2. The summed E-state index contributed by atoms with van der Waals surface area (Å²) in [5, 5.41) is 6.88. The molecule has 2 saturated carbocycles. The molecule has 1 amide bonds. The lowest BCUT2D eigenvalue weighted by atomic mass is 9.74. The molecule has 2 aliphatic heterocycles. The fraction of sp³-hybridized carbons (Fsp3) is 0.593. The smallest absolute Gasteiger partial charge is 0.235 e. The molecule has 9 nitrogen and oxygen atoms in total.